The van der Waals surface area contributed by atoms with E-state index in [2.05, 4.69) is 36.5 Å². The first-order chi connectivity index (χ1) is 4.50. The van der Waals surface area contributed by atoms with E-state index in [1.54, 1.807) is 0 Å². The minimum absolute atomic E-state index is 1.10. The Hall–Kier alpha value is -0.780. The molecule has 0 aromatic heterocycles. The summed E-state index contributed by atoms with van der Waals surface area (Å²) < 4.78 is 0. The van der Waals surface area contributed by atoms with E-state index in [-0.39, 0.29) is 0 Å². The third-order valence-corrected chi connectivity index (χ3v) is 1.32. The van der Waals surface area contributed by atoms with Crippen molar-refractivity contribution in [2.45, 2.75) is 19.3 Å². The molecular weight excluding hydrogens is 108 g/mol. The first-order valence-corrected chi connectivity index (χ1v) is 3.45. The third-order valence-electron chi connectivity index (χ3n) is 1.32. The van der Waals surface area contributed by atoms with Crippen LogP contribution in [-0.2, 0) is 0 Å². The highest BCUT2D eigenvalue weighted by Crippen LogP contribution is 1.97. The average Bonchev–Trinajstić information content (AvgIpc) is 2.00. The van der Waals surface area contributed by atoms with E-state index in [9.17, 15) is 0 Å². The van der Waals surface area contributed by atoms with E-state index in [4.69, 9.17) is 0 Å². The van der Waals surface area contributed by atoms with Gasteiger partial charge in [-0.2, -0.15) is 0 Å². The van der Waals surface area contributed by atoms with Crippen LogP contribution in [0.15, 0.2) is 36.5 Å². The van der Waals surface area contributed by atoms with Crippen LogP contribution in [0.5, 0.6) is 0 Å². The highest BCUT2D eigenvalue weighted by atomic mass is 13.8. The van der Waals surface area contributed by atoms with Crippen molar-refractivity contribution in [3.05, 3.63) is 36.5 Å². The quantitative estimate of drug-likeness (QED) is 0.431. The third kappa shape index (κ3) is 2.91. The Kier molecular flexibility index (Phi) is 2.91. The lowest BCUT2D eigenvalue weighted by molar-refractivity contribution is 1.32. The van der Waals surface area contributed by atoms with E-state index < -0.39 is 0 Å². The van der Waals surface area contributed by atoms with Crippen LogP contribution in [0.3, 0.4) is 0 Å². The van der Waals surface area contributed by atoms with Gasteiger partial charge >= 0.3 is 0 Å². The summed E-state index contributed by atoms with van der Waals surface area (Å²) in [5.41, 5.74) is 0. The molecule has 0 heterocycles. The van der Waals surface area contributed by atoms with E-state index in [1.807, 2.05) is 0 Å². The molecule has 9 heavy (non-hydrogen) atoms. The van der Waals surface area contributed by atoms with Crippen LogP contribution in [0, 0.1) is 0 Å². The molecule has 0 aromatic rings. The van der Waals surface area contributed by atoms with Gasteiger partial charge < -0.3 is 0 Å². The fourth-order valence-corrected chi connectivity index (χ4v) is 0.813. The Morgan fingerprint density at radius 3 is 0.889 bits per heavy atom. The molecule has 1 aliphatic carbocycles. The smallest absolute Gasteiger partial charge is 0.0169 e. The Morgan fingerprint density at radius 1 is 0.444 bits per heavy atom. The predicted molar refractivity (Wildman–Crippen MR) is 41.3 cm³/mol. The Bertz CT molecular complexity index is 97.6. The largest absolute Gasteiger partial charge is 0.0844 e. The molecule has 0 nitrogen and oxygen atoms in total. The van der Waals surface area contributed by atoms with Gasteiger partial charge in [0, 0.05) is 0 Å². The summed E-state index contributed by atoms with van der Waals surface area (Å²) in [5, 5.41) is 0. The van der Waals surface area contributed by atoms with E-state index >= 15 is 0 Å². The monoisotopic (exact) mass is 120 g/mol. The first kappa shape index (κ1) is 6.34. The highest BCUT2D eigenvalue weighted by Gasteiger charge is 1.76. The van der Waals surface area contributed by atoms with Crippen LogP contribution in [0.4, 0.5) is 0 Å². The van der Waals surface area contributed by atoms with Crippen LogP contribution in [0.2, 0.25) is 0 Å². The van der Waals surface area contributed by atoms with Crippen molar-refractivity contribution in [3.8, 4) is 0 Å². The molecule has 1 rings (SSSR count). The van der Waals surface area contributed by atoms with Gasteiger partial charge in [0.2, 0.25) is 0 Å². The van der Waals surface area contributed by atoms with Gasteiger partial charge in [0.25, 0.3) is 0 Å². The Balaban J connectivity index is 2.43. The lowest BCUT2D eigenvalue weighted by atomic mass is 10.3. The van der Waals surface area contributed by atoms with E-state index in [0.717, 1.165) is 19.3 Å². The van der Waals surface area contributed by atoms with Gasteiger partial charge in [-0.05, 0) is 19.3 Å². The number of rotatable bonds is 0. The second-order valence-corrected chi connectivity index (χ2v) is 2.12. The zero-order valence-electron chi connectivity index (χ0n) is 5.59. The second-order valence-electron chi connectivity index (χ2n) is 2.12. The van der Waals surface area contributed by atoms with Crippen LogP contribution in [0.1, 0.15) is 19.3 Å². The van der Waals surface area contributed by atoms with Crippen LogP contribution in [-0.4, -0.2) is 0 Å². The summed E-state index contributed by atoms with van der Waals surface area (Å²) in [7, 11) is 0. The van der Waals surface area contributed by atoms with Crippen molar-refractivity contribution in [2.24, 2.45) is 0 Å². The predicted octanol–water partition coefficient (Wildman–Crippen LogP) is 2.84. The summed E-state index contributed by atoms with van der Waals surface area (Å²) in [6.45, 7) is 0. The molecule has 0 N–H and O–H groups in total. The van der Waals surface area contributed by atoms with Crippen LogP contribution >= 0.6 is 0 Å². The number of hydrogen-bond acceptors (Lipinski definition) is 0. The van der Waals surface area contributed by atoms with Crippen molar-refractivity contribution in [1.82, 2.24) is 0 Å². The van der Waals surface area contributed by atoms with Crippen LogP contribution < -0.4 is 0 Å². The molecule has 1 aliphatic rings. The van der Waals surface area contributed by atoms with Crippen molar-refractivity contribution >= 4 is 0 Å². The van der Waals surface area contributed by atoms with Gasteiger partial charge in [-0.1, -0.05) is 36.5 Å². The first-order valence-electron chi connectivity index (χ1n) is 3.45. The molecule has 0 atom stereocenters. The van der Waals surface area contributed by atoms with Crippen LogP contribution in [0.25, 0.3) is 0 Å². The van der Waals surface area contributed by atoms with Gasteiger partial charge in [0.1, 0.15) is 0 Å². The fraction of sp³-hybridized carbons (Fsp3) is 0.333. The molecule has 0 amide bonds. The molecular formula is C9H12. The molecule has 0 heteroatoms. The summed E-state index contributed by atoms with van der Waals surface area (Å²) in [5.74, 6) is 0. The fourth-order valence-electron chi connectivity index (χ4n) is 0.813. The zero-order valence-corrected chi connectivity index (χ0v) is 5.59. The lowest BCUT2D eigenvalue weighted by Crippen LogP contribution is -1.56. The summed E-state index contributed by atoms with van der Waals surface area (Å²) in [6, 6.07) is 0. The van der Waals surface area contributed by atoms with Gasteiger partial charge in [-0.3, -0.25) is 0 Å². The van der Waals surface area contributed by atoms with Gasteiger partial charge in [0.15, 0.2) is 0 Å². The zero-order chi connectivity index (χ0) is 6.36. The molecule has 0 aliphatic heterocycles. The molecule has 0 radical (unpaired) electrons. The lowest BCUT2D eigenvalue weighted by Gasteiger charge is -1.76. The van der Waals surface area contributed by atoms with Crippen molar-refractivity contribution in [2.75, 3.05) is 0 Å². The van der Waals surface area contributed by atoms with E-state index in [1.165, 1.54) is 0 Å². The molecule has 0 saturated carbocycles. The highest BCUT2D eigenvalue weighted by molar-refractivity contribution is 5.02. The van der Waals surface area contributed by atoms with Gasteiger partial charge in [-0.15, -0.1) is 0 Å². The summed E-state index contributed by atoms with van der Waals surface area (Å²) >= 11 is 0. The van der Waals surface area contributed by atoms with E-state index in [0.29, 0.717) is 0 Å². The number of hydrogen-bond donors (Lipinski definition) is 0. The van der Waals surface area contributed by atoms with Crippen molar-refractivity contribution < 1.29 is 0 Å². The summed E-state index contributed by atoms with van der Waals surface area (Å²) in [4.78, 5) is 0. The topological polar surface area (TPSA) is 0 Å². The maximum Gasteiger partial charge on any atom is -0.0169 e. The van der Waals surface area contributed by atoms with Gasteiger partial charge in [0.05, 0.1) is 0 Å². The second kappa shape index (κ2) is 4.13. The molecule has 0 unspecified atom stereocenters. The normalized spacial score (nSPS) is 18.7. The molecule has 0 bridgehead atoms. The minimum atomic E-state index is 1.10. The maximum absolute atomic E-state index is 2.20. The molecule has 48 valence electrons. The molecule has 0 saturated heterocycles. The van der Waals surface area contributed by atoms with Crippen molar-refractivity contribution in [1.29, 1.82) is 0 Å². The molecule has 0 aromatic carbocycles. The standard InChI is InChI=1S/C9H12/c1-2-4-6-8-9-7-5-3-1/h1-2,5-8H,3-4,9H2. The number of allylic oxidation sites excluding steroid dienone is 6. The van der Waals surface area contributed by atoms with Crippen molar-refractivity contribution in [3.63, 3.8) is 0 Å². The molecule has 0 spiro atoms. The summed E-state index contributed by atoms with van der Waals surface area (Å²) in [6.07, 6.45) is 16.5. The van der Waals surface area contributed by atoms with Gasteiger partial charge in [-0.25, -0.2) is 0 Å². The molecule has 0 fully saturated rings. The minimum Gasteiger partial charge on any atom is -0.0844 e. The average molecular weight is 120 g/mol. The maximum atomic E-state index is 2.20. The SMILES string of the molecule is C1=CCC=CCC=CC1. The Labute approximate surface area is 56.6 Å². The Morgan fingerprint density at radius 2 is 0.667 bits per heavy atom.